The van der Waals surface area contributed by atoms with Gasteiger partial charge in [0.15, 0.2) is 0 Å². The standard InChI is InChI=1S/C14H17NOS/c1-17-13-5-3-2-4-12(13)15-14(16)11-7-9-6-10(9)8-11/h2-5,9-11H,6-8H2,1H3,(H,15,16). The van der Waals surface area contributed by atoms with Crippen LogP contribution in [-0.4, -0.2) is 12.2 Å². The van der Waals surface area contributed by atoms with E-state index in [9.17, 15) is 4.79 Å². The summed E-state index contributed by atoms with van der Waals surface area (Å²) in [5.74, 6) is 2.20. The smallest absolute Gasteiger partial charge is 0.227 e. The molecule has 0 heterocycles. The molecule has 0 radical (unpaired) electrons. The van der Waals surface area contributed by atoms with E-state index in [1.165, 1.54) is 6.42 Å². The summed E-state index contributed by atoms with van der Waals surface area (Å²) >= 11 is 1.67. The molecule has 17 heavy (non-hydrogen) atoms. The average molecular weight is 247 g/mol. The molecule has 2 atom stereocenters. The van der Waals surface area contributed by atoms with Gasteiger partial charge >= 0.3 is 0 Å². The van der Waals surface area contributed by atoms with E-state index < -0.39 is 0 Å². The van der Waals surface area contributed by atoms with Crippen LogP contribution < -0.4 is 5.32 Å². The normalized spacial score (nSPS) is 29.8. The first-order chi connectivity index (χ1) is 8.28. The van der Waals surface area contributed by atoms with E-state index in [1.807, 2.05) is 30.5 Å². The van der Waals surface area contributed by atoms with Crippen molar-refractivity contribution in [1.82, 2.24) is 0 Å². The van der Waals surface area contributed by atoms with Gasteiger partial charge in [-0.05, 0) is 49.5 Å². The van der Waals surface area contributed by atoms with Crippen molar-refractivity contribution in [2.75, 3.05) is 11.6 Å². The number of amides is 1. The third kappa shape index (κ3) is 2.21. The Bertz CT molecular complexity index is 436. The van der Waals surface area contributed by atoms with Gasteiger partial charge < -0.3 is 5.32 Å². The summed E-state index contributed by atoms with van der Waals surface area (Å²) in [7, 11) is 0. The minimum atomic E-state index is 0.221. The molecule has 1 aromatic rings. The molecule has 2 saturated carbocycles. The van der Waals surface area contributed by atoms with Gasteiger partial charge in [-0.15, -0.1) is 11.8 Å². The van der Waals surface area contributed by atoms with Crippen LogP contribution in [0.3, 0.4) is 0 Å². The van der Waals surface area contributed by atoms with Crippen molar-refractivity contribution >= 4 is 23.4 Å². The summed E-state index contributed by atoms with van der Waals surface area (Å²) in [6.45, 7) is 0. The Morgan fingerprint density at radius 3 is 2.65 bits per heavy atom. The molecular weight excluding hydrogens is 230 g/mol. The van der Waals surface area contributed by atoms with Crippen molar-refractivity contribution in [1.29, 1.82) is 0 Å². The number of benzene rings is 1. The number of hydrogen-bond acceptors (Lipinski definition) is 2. The van der Waals surface area contributed by atoms with E-state index >= 15 is 0 Å². The molecule has 2 fully saturated rings. The number of carbonyl (C=O) groups is 1. The topological polar surface area (TPSA) is 29.1 Å². The van der Waals surface area contributed by atoms with Crippen LogP contribution in [0.15, 0.2) is 29.2 Å². The third-order valence-corrected chi connectivity index (χ3v) is 4.78. The Kier molecular flexibility index (Phi) is 2.87. The summed E-state index contributed by atoms with van der Waals surface area (Å²) in [5.41, 5.74) is 0.963. The van der Waals surface area contributed by atoms with Gasteiger partial charge in [0.1, 0.15) is 0 Å². The molecule has 1 aromatic carbocycles. The number of para-hydroxylation sites is 1. The molecule has 1 amide bonds. The summed E-state index contributed by atoms with van der Waals surface area (Å²) in [4.78, 5) is 13.3. The fourth-order valence-corrected chi connectivity index (χ4v) is 3.47. The molecule has 2 nitrogen and oxygen atoms in total. The summed E-state index contributed by atoms with van der Waals surface area (Å²) in [5, 5.41) is 3.08. The number of nitrogens with one attached hydrogen (secondary N) is 1. The molecule has 0 aromatic heterocycles. The SMILES string of the molecule is CSc1ccccc1NC(=O)C1CC2CC2C1. The monoisotopic (exact) mass is 247 g/mol. The van der Waals surface area contributed by atoms with Crippen LogP contribution in [0.4, 0.5) is 5.69 Å². The zero-order chi connectivity index (χ0) is 11.8. The van der Waals surface area contributed by atoms with Gasteiger partial charge in [-0.2, -0.15) is 0 Å². The third-order valence-electron chi connectivity index (χ3n) is 3.98. The number of fused-ring (bicyclic) bond motifs is 1. The van der Waals surface area contributed by atoms with Gasteiger partial charge in [0, 0.05) is 10.8 Å². The van der Waals surface area contributed by atoms with Crippen molar-refractivity contribution in [2.45, 2.75) is 24.2 Å². The lowest BCUT2D eigenvalue weighted by atomic mass is 10.0. The molecule has 2 unspecified atom stereocenters. The Hall–Kier alpha value is -0.960. The van der Waals surface area contributed by atoms with Crippen molar-refractivity contribution in [3.05, 3.63) is 24.3 Å². The fourth-order valence-electron chi connectivity index (χ4n) is 2.91. The lowest BCUT2D eigenvalue weighted by molar-refractivity contribution is -0.120. The van der Waals surface area contributed by atoms with Crippen LogP contribution in [0.2, 0.25) is 0 Å². The van der Waals surface area contributed by atoms with Crippen LogP contribution in [0, 0.1) is 17.8 Å². The predicted octanol–water partition coefficient (Wildman–Crippen LogP) is 3.39. The number of anilines is 1. The van der Waals surface area contributed by atoms with Crippen LogP contribution in [0.1, 0.15) is 19.3 Å². The zero-order valence-corrected chi connectivity index (χ0v) is 10.8. The maximum atomic E-state index is 12.1. The molecule has 3 heteroatoms. The maximum absolute atomic E-state index is 12.1. The fraction of sp³-hybridized carbons (Fsp3) is 0.500. The van der Waals surface area contributed by atoms with Crippen LogP contribution in [-0.2, 0) is 4.79 Å². The molecule has 2 aliphatic carbocycles. The predicted molar refractivity (Wildman–Crippen MR) is 71.2 cm³/mol. The molecule has 3 rings (SSSR count). The second-order valence-electron chi connectivity index (χ2n) is 5.11. The van der Waals surface area contributed by atoms with Crippen molar-refractivity contribution in [3.8, 4) is 0 Å². The van der Waals surface area contributed by atoms with Crippen molar-refractivity contribution < 1.29 is 4.79 Å². The Morgan fingerprint density at radius 1 is 1.24 bits per heavy atom. The highest BCUT2D eigenvalue weighted by Gasteiger charge is 2.47. The number of carbonyl (C=O) groups excluding carboxylic acids is 1. The average Bonchev–Trinajstić information content (AvgIpc) is 2.96. The Balaban J connectivity index is 1.67. The zero-order valence-electron chi connectivity index (χ0n) is 9.98. The van der Waals surface area contributed by atoms with Gasteiger partial charge in [0.05, 0.1) is 5.69 Å². The van der Waals surface area contributed by atoms with E-state index in [4.69, 9.17) is 0 Å². The minimum Gasteiger partial charge on any atom is -0.325 e. The van der Waals surface area contributed by atoms with Gasteiger partial charge in [0.2, 0.25) is 5.91 Å². The van der Waals surface area contributed by atoms with E-state index in [0.717, 1.165) is 35.3 Å². The molecule has 2 aliphatic rings. The summed E-state index contributed by atoms with van der Waals surface area (Å²) < 4.78 is 0. The second kappa shape index (κ2) is 4.37. The van der Waals surface area contributed by atoms with E-state index in [1.54, 1.807) is 11.8 Å². The lowest BCUT2D eigenvalue weighted by Gasteiger charge is -2.14. The van der Waals surface area contributed by atoms with Crippen LogP contribution in [0.5, 0.6) is 0 Å². The highest BCUT2D eigenvalue weighted by atomic mass is 32.2. The minimum absolute atomic E-state index is 0.221. The largest absolute Gasteiger partial charge is 0.325 e. The summed E-state index contributed by atoms with van der Waals surface area (Å²) in [6, 6.07) is 8.01. The molecule has 0 aliphatic heterocycles. The van der Waals surface area contributed by atoms with E-state index in [2.05, 4.69) is 5.32 Å². The maximum Gasteiger partial charge on any atom is 0.227 e. The first kappa shape index (κ1) is 11.1. The highest BCUT2D eigenvalue weighted by molar-refractivity contribution is 7.98. The lowest BCUT2D eigenvalue weighted by Crippen LogP contribution is -2.21. The van der Waals surface area contributed by atoms with Gasteiger partial charge in [-0.25, -0.2) is 0 Å². The van der Waals surface area contributed by atoms with Gasteiger partial charge in [-0.1, -0.05) is 12.1 Å². The first-order valence-corrected chi connectivity index (χ1v) is 7.44. The Morgan fingerprint density at radius 2 is 1.94 bits per heavy atom. The number of rotatable bonds is 3. The summed E-state index contributed by atoms with van der Waals surface area (Å²) in [6.07, 6.45) is 5.62. The molecule has 90 valence electrons. The number of thioether (sulfide) groups is 1. The highest BCUT2D eigenvalue weighted by Crippen LogP contribution is 2.54. The van der Waals surface area contributed by atoms with Crippen LogP contribution >= 0.6 is 11.8 Å². The quantitative estimate of drug-likeness (QED) is 0.829. The van der Waals surface area contributed by atoms with E-state index in [-0.39, 0.29) is 11.8 Å². The first-order valence-electron chi connectivity index (χ1n) is 6.22. The van der Waals surface area contributed by atoms with Crippen molar-refractivity contribution in [3.63, 3.8) is 0 Å². The molecule has 1 N–H and O–H groups in total. The van der Waals surface area contributed by atoms with Gasteiger partial charge in [-0.3, -0.25) is 4.79 Å². The van der Waals surface area contributed by atoms with Crippen molar-refractivity contribution in [2.24, 2.45) is 17.8 Å². The number of hydrogen-bond donors (Lipinski definition) is 1. The van der Waals surface area contributed by atoms with Gasteiger partial charge in [0.25, 0.3) is 0 Å². The molecule has 0 saturated heterocycles. The second-order valence-corrected chi connectivity index (χ2v) is 5.96. The molecule has 0 spiro atoms. The Labute approximate surface area is 106 Å². The molecule has 0 bridgehead atoms. The van der Waals surface area contributed by atoms with Crippen LogP contribution in [0.25, 0.3) is 0 Å². The molecular formula is C14H17NOS. The van der Waals surface area contributed by atoms with E-state index in [0.29, 0.717) is 0 Å².